The Morgan fingerprint density at radius 3 is 3.04 bits per heavy atom. The fraction of sp³-hybridized carbons (Fsp3) is 0.278. The number of aromatic nitrogens is 3. The number of nitrogens with two attached hydrogens (primary N) is 1. The minimum absolute atomic E-state index is 0.0272. The predicted molar refractivity (Wildman–Crippen MR) is 92.5 cm³/mol. The molecule has 6 heteroatoms. The molecule has 6 nitrogen and oxygen atoms in total. The Balaban J connectivity index is 1.60. The summed E-state index contributed by atoms with van der Waals surface area (Å²) in [6.07, 6.45) is 3.00. The first-order valence-corrected chi connectivity index (χ1v) is 8.10. The van der Waals surface area contributed by atoms with Gasteiger partial charge in [-0.05, 0) is 60.7 Å². The molecule has 0 aliphatic heterocycles. The van der Waals surface area contributed by atoms with Gasteiger partial charge in [-0.2, -0.15) is 0 Å². The van der Waals surface area contributed by atoms with Crippen LogP contribution >= 0.6 is 0 Å². The van der Waals surface area contributed by atoms with Crippen molar-refractivity contribution in [3.63, 3.8) is 0 Å². The van der Waals surface area contributed by atoms with Gasteiger partial charge in [0.15, 0.2) is 0 Å². The summed E-state index contributed by atoms with van der Waals surface area (Å²) >= 11 is 0. The second-order valence-electron chi connectivity index (χ2n) is 6.29. The average Bonchev–Trinajstić information content (AvgIpc) is 2.95. The molecule has 0 bridgehead atoms. The zero-order valence-corrected chi connectivity index (χ0v) is 13.5. The molecule has 0 spiro atoms. The number of benzene rings is 2. The third kappa shape index (κ3) is 2.50. The van der Waals surface area contributed by atoms with Crippen LogP contribution in [0.1, 0.15) is 40.4 Å². The predicted octanol–water partition coefficient (Wildman–Crippen LogP) is 2.36. The average molecular weight is 321 g/mol. The zero-order valence-electron chi connectivity index (χ0n) is 13.5. The minimum atomic E-state index is -0.0859. The third-order valence-corrected chi connectivity index (χ3v) is 4.66. The quantitative estimate of drug-likeness (QED) is 0.710. The van der Waals surface area contributed by atoms with Crippen molar-refractivity contribution >= 4 is 22.6 Å². The lowest BCUT2D eigenvalue weighted by Gasteiger charge is -2.26. The standard InChI is InChI=1S/C18H19N5O/c1-23-17-8-5-12(10-16(17)21-22-23)18(24)20-15-4-2-3-11-9-13(19)6-7-14(11)15/h5-10,15H,2-4,19H2,1H3,(H,20,24). The van der Waals surface area contributed by atoms with Crippen molar-refractivity contribution in [1.82, 2.24) is 20.3 Å². The molecule has 122 valence electrons. The second-order valence-corrected chi connectivity index (χ2v) is 6.29. The summed E-state index contributed by atoms with van der Waals surface area (Å²) in [7, 11) is 1.83. The number of amides is 1. The van der Waals surface area contributed by atoms with E-state index in [0.717, 1.165) is 36.0 Å². The molecule has 1 aromatic heterocycles. The largest absolute Gasteiger partial charge is 0.399 e. The Labute approximate surface area is 139 Å². The van der Waals surface area contributed by atoms with Gasteiger partial charge in [0.1, 0.15) is 5.52 Å². The molecule has 0 saturated carbocycles. The van der Waals surface area contributed by atoms with Crippen LogP contribution in [0.3, 0.4) is 0 Å². The van der Waals surface area contributed by atoms with E-state index in [0.29, 0.717) is 5.56 Å². The Morgan fingerprint density at radius 2 is 2.17 bits per heavy atom. The monoisotopic (exact) mass is 321 g/mol. The van der Waals surface area contributed by atoms with E-state index in [2.05, 4.69) is 15.6 Å². The minimum Gasteiger partial charge on any atom is -0.399 e. The number of rotatable bonds is 2. The molecule has 1 amide bonds. The lowest BCUT2D eigenvalue weighted by Crippen LogP contribution is -2.31. The van der Waals surface area contributed by atoms with Crippen molar-refractivity contribution in [2.24, 2.45) is 7.05 Å². The maximum atomic E-state index is 12.6. The van der Waals surface area contributed by atoms with Gasteiger partial charge in [-0.15, -0.1) is 5.10 Å². The van der Waals surface area contributed by atoms with Crippen LogP contribution in [0.15, 0.2) is 36.4 Å². The van der Waals surface area contributed by atoms with Crippen LogP contribution in [0.25, 0.3) is 11.0 Å². The van der Waals surface area contributed by atoms with E-state index >= 15 is 0 Å². The number of nitrogen functional groups attached to an aromatic ring is 1. The summed E-state index contributed by atoms with van der Waals surface area (Å²) in [6.45, 7) is 0. The highest BCUT2D eigenvalue weighted by atomic mass is 16.1. The molecule has 24 heavy (non-hydrogen) atoms. The smallest absolute Gasteiger partial charge is 0.251 e. The van der Waals surface area contributed by atoms with Crippen molar-refractivity contribution in [2.45, 2.75) is 25.3 Å². The molecular formula is C18H19N5O. The van der Waals surface area contributed by atoms with Crippen molar-refractivity contribution in [2.75, 3.05) is 5.73 Å². The van der Waals surface area contributed by atoms with Crippen LogP contribution in [-0.4, -0.2) is 20.9 Å². The first kappa shape index (κ1) is 14.7. The van der Waals surface area contributed by atoms with Gasteiger partial charge in [0.2, 0.25) is 0 Å². The lowest BCUT2D eigenvalue weighted by molar-refractivity contribution is 0.0933. The second kappa shape index (κ2) is 5.63. The molecule has 4 rings (SSSR count). The molecular weight excluding hydrogens is 302 g/mol. The van der Waals surface area contributed by atoms with Crippen LogP contribution in [0.5, 0.6) is 0 Å². The fourth-order valence-corrected chi connectivity index (χ4v) is 3.41. The number of fused-ring (bicyclic) bond motifs is 2. The normalized spacial score (nSPS) is 16.8. The first-order valence-electron chi connectivity index (χ1n) is 8.10. The van der Waals surface area contributed by atoms with Crippen molar-refractivity contribution in [3.8, 4) is 0 Å². The molecule has 1 aliphatic rings. The Bertz CT molecular complexity index is 930. The van der Waals surface area contributed by atoms with Crippen LogP contribution in [0.2, 0.25) is 0 Å². The fourth-order valence-electron chi connectivity index (χ4n) is 3.41. The number of anilines is 1. The summed E-state index contributed by atoms with van der Waals surface area (Å²) in [4.78, 5) is 12.6. The van der Waals surface area contributed by atoms with Gasteiger partial charge in [0, 0.05) is 18.3 Å². The number of carbonyl (C=O) groups excluding carboxylic acids is 1. The van der Waals surface area contributed by atoms with Gasteiger partial charge < -0.3 is 11.1 Å². The number of carbonyl (C=O) groups is 1. The maximum absolute atomic E-state index is 12.6. The highest BCUT2D eigenvalue weighted by Gasteiger charge is 2.22. The Kier molecular flexibility index (Phi) is 3.45. The molecule has 1 heterocycles. The van der Waals surface area contributed by atoms with Crippen molar-refractivity contribution in [1.29, 1.82) is 0 Å². The summed E-state index contributed by atoms with van der Waals surface area (Å²) in [5, 5.41) is 11.2. The molecule has 1 unspecified atom stereocenters. The van der Waals surface area contributed by atoms with E-state index in [1.165, 1.54) is 11.1 Å². The number of hydrogen-bond acceptors (Lipinski definition) is 4. The Hall–Kier alpha value is -2.89. The number of hydrogen-bond donors (Lipinski definition) is 2. The van der Waals surface area contributed by atoms with Crippen LogP contribution < -0.4 is 11.1 Å². The third-order valence-electron chi connectivity index (χ3n) is 4.66. The topological polar surface area (TPSA) is 85.8 Å². The van der Waals surface area contributed by atoms with E-state index in [1.807, 2.05) is 37.4 Å². The van der Waals surface area contributed by atoms with Gasteiger partial charge in [-0.25, -0.2) is 4.68 Å². The molecule has 3 N–H and O–H groups in total. The van der Waals surface area contributed by atoms with Gasteiger partial charge in [-0.3, -0.25) is 4.79 Å². The lowest BCUT2D eigenvalue weighted by atomic mass is 9.87. The summed E-state index contributed by atoms with van der Waals surface area (Å²) in [5.74, 6) is -0.0859. The molecule has 0 fully saturated rings. The van der Waals surface area contributed by atoms with Crippen LogP contribution in [0.4, 0.5) is 5.69 Å². The van der Waals surface area contributed by atoms with Gasteiger partial charge in [-0.1, -0.05) is 11.3 Å². The number of nitrogens with zero attached hydrogens (tertiary/aromatic N) is 3. The maximum Gasteiger partial charge on any atom is 0.251 e. The first-order chi connectivity index (χ1) is 11.6. The van der Waals surface area contributed by atoms with E-state index in [1.54, 1.807) is 10.7 Å². The number of aryl methyl sites for hydroxylation is 2. The van der Waals surface area contributed by atoms with E-state index in [-0.39, 0.29) is 11.9 Å². The summed E-state index contributed by atoms with van der Waals surface area (Å²) < 4.78 is 1.69. The van der Waals surface area contributed by atoms with Gasteiger partial charge in [0.05, 0.1) is 11.6 Å². The molecule has 2 aromatic carbocycles. The van der Waals surface area contributed by atoms with Crippen molar-refractivity contribution < 1.29 is 4.79 Å². The van der Waals surface area contributed by atoms with Gasteiger partial charge >= 0.3 is 0 Å². The molecule has 1 aliphatic carbocycles. The van der Waals surface area contributed by atoms with Crippen LogP contribution in [0, 0.1) is 0 Å². The molecule has 0 saturated heterocycles. The van der Waals surface area contributed by atoms with E-state index < -0.39 is 0 Å². The SMILES string of the molecule is Cn1nnc2cc(C(=O)NC3CCCc4cc(N)ccc43)ccc21. The highest BCUT2D eigenvalue weighted by molar-refractivity contribution is 5.97. The molecule has 0 radical (unpaired) electrons. The molecule has 3 aromatic rings. The van der Waals surface area contributed by atoms with E-state index in [9.17, 15) is 4.79 Å². The zero-order chi connectivity index (χ0) is 16.7. The van der Waals surface area contributed by atoms with E-state index in [4.69, 9.17) is 5.73 Å². The van der Waals surface area contributed by atoms with Gasteiger partial charge in [0.25, 0.3) is 5.91 Å². The highest BCUT2D eigenvalue weighted by Crippen LogP contribution is 2.31. The molecule has 1 atom stereocenters. The van der Waals surface area contributed by atoms with Crippen molar-refractivity contribution in [3.05, 3.63) is 53.1 Å². The Morgan fingerprint density at radius 1 is 1.29 bits per heavy atom. The summed E-state index contributed by atoms with van der Waals surface area (Å²) in [6, 6.07) is 11.4. The summed E-state index contributed by atoms with van der Waals surface area (Å²) in [5.41, 5.74) is 11.3. The van der Waals surface area contributed by atoms with Crippen LogP contribution in [-0.2, 0) is 13.5 Å². The number of nitrogens with one attached hydrogen (secondary N) is 1.